The number of anilines is 1. The third-order valence-corrected chi connectivity index (χ3v) is 5.20. The van der Waals surface area contributed by atoms with Crippen LogP contribution in [-0.2, 0) is 14.3 Å². The van der Waals surface area contributed by atoms with Crippen LogP contribution in [0, 0.1) is 6.92 Å². The molecule has 1 aromatic heterocycles. The minimum Gasteiger partial charge on any atom is -0.495 e. The highest BCUT2D eigenvalue weighted by atomic mass is 16.5. The smallest absolute Gasteiger partial charge is 0.226 e. The molecule has 9 heteroatoms. The summed E-state index contributed by atoms with van der Waals surface area (Å²) in [5, 5.41) is 7.11. The molecule has 3 aromatic rings. The average molecular weight is 471 g/mol. The molecule has 0 radical (unpaired) electrons. The van der Waals surface area contributed by atoms with Gasteiger partial charge in [0.05, 0.1) is 53.3 Å². The van der Waals surface area contributed by atoms with Gasteiger partial charge in [-0.15, -0.1) is 0 Å². The lowest BCUT2D eigenvalue weighted by Crippen LogP contribution is -2.15. The summed E-state index contributed by atoms with van der Waals surface area (Å²) in [6, 6.07) is 9.30. The molecule has 0 atom stereocenters. The largest absolute Gasteiger partial charge is 0.495 e. The van der Waals surface area contributed by atoms with Crippen LogP contribution < -0.4 is 19.5 Å². The highest BCUT2D eigenvalue weighted by molar-refractivity contribution is 5.94. The summed E-state index contributed by atoms with van der Waals surface area (Å²) in [5.74, 6) is 1.62. The number of benzene rings is 2. The van der Waals surface area contributed by atoms with E-state index in [1.54, 1.807) is 40.8 Å². The van der Waals surface area contributed by atoms with Crippen LogP contribution in [0.3, 0.4) is 0 Å². The number of methoxy groups -OCH3 is 4. The average Bonchev–Trinajstić information content (AvgIpc) is 3.33. The van der Waals surface area contributed by atoms with Crippen molar-refractivity contribution in [3.63, 3.8) is 0 Å². The number of nitrogens with zero attached hydrogens (tertiary/aromatic N) is 1. The van der Waals surface area contributed by atoms with Crippen molar-refractivity contribution in [1.29, 1.82) is 0 Å². The Morgan fingerprint density at radius 2 is 1.74 bits per heavy atom. The highest BCUT2D eigenvalue weighted by Crippen LogP contribution is 2.40. The van der Waals surface area contributed by atoms with E-state index in [4.69, 9.17) is 28.2 Å². The van der Waals surface area contributed by atoms with E-state index < -0.39 is 0 Å². The Kier molecular flexibility index (Phi) is 8.89. The number of rotatable bonds is 12. The van der Waals surface area contributed by atoms with Crippen molar-refractivity contribution >= 4 is 11.6 Å². The van der Waals surface area contributed by atoms with E-state index in [0.29, 0.717) is 48.5 Å². The first kappa shape index (κ1) is 25.1. The van der Waals surface area contributed by atoms with Crippen LogP contribution in [0.1, 0.15) is 12.0 Å². The summed E-state index contributed by atoms with van der Waals surface area (Å²) >= 11 is 0. The third-order valence-electron chi connectivity index (χ3n) is 5.20. The molecule has 0 spiro atoms. The van der Waals surface area contributed by atoms with Gasteiger partial charge in [0.1, 0.15) is 17.7 Å². The van der Waals surface area contributed by atoms with Crippen molar-refractivity contribution in [2.24, 2.45) is 0 Å². The molecular formula is C25H30N2O7. The Morgan fingerprint density at radius 3 is 2.44 bits per heavy atom. The van der Waals surface area contributed by atoms with Gasteiger partial charge in [0.2, 0.25) is 5.91 Å². The van der Waals surface area contributed by atoms with Gasteiger partial charge in [-0.3, -0.25) is 4.79 Å². The number of carbonyl (C=O) groups is 1. The second-order valence-corrected chi connectivity index (χ2v) is 7.42. The summed E-state index contributed by atoms with van der Waals surface area (Å²) in [4.78, 5) is 12.4. The molecule has 0 unspecified atom stereocenters. The van der Waals surface area contributed by atoms with E-state index in [1.807, 2.05) is 31.2 Å². The molecule has 0 aliphatic rings. The lowest BCUT2D eigenvalue weighted by molar-refractivity contribution is -0.117. The van der Waals surface area contributed by atoms with E-state index >= 15 is 0 Å². The first-order chi connectivity index (χ1) is 16.5. The fraction of sp³-hybridized carbons (Fsp3) is 0.360. The molecule has 1 amide bonds. The van der Waals surface area contributed by atoms with Crippen LogP contribution in [0.25, 0.3) is 22.4 Å². The van der Waals surface area contributed by atoms with Gasteiger partial charge >= 0.3 is 0 Å². The van der Waals surface area contributed by atoms with Crippen LogP contribution in [0.5, 0.6) is 17.2 Å². The van der Waals surface area contributed by atoms with Crippen molar-refractivity contribution < 1.29 is 33.0 Å². The standard InChI is InChI=1S/C25H30N2O7/c1-16-12-18(14-22(31-4)25(16)32-5)24-19(15-34-27-24)17-6-7-21(30-3)20(13-17)26-23(28)8-9-33-11-10-29-2/h6-7,12-15H,8-11H2,1-5H3,(H,26,28). The molecule has 0 saturated heterocycles. The fourth-order valence-corrected chi connectivity index (χ4v) is 3.54. The Hall–Kier alpha value is -3.56. The lowest BCUT2D eigenvalue weighted by Gasteiger charge is -2.14. The van der Waals surface area contributed by atoms with Gasteiger partial charge in [-0.2, -0.15) is 0 Å². The first-order valence-corrected chi connectivity index (χ1v) is 10.7. The van der Waals surface area contributed by atoms with Gasteiger partial charge in [0.25, 0.3) is 0 Å². The Bertz CT molecular complexity index is 1110. The van der Waals surface area contributed by atoms with E-state index in [0.717, 1.165) is 22.3 Å². The summed E-state index contributed by atoms with van der Waals surface area (Å²) in [6.07, 6.45) is 1.78. The minimum absolute atomic E-state index is 0.186. The van der Waals surface area contributed by atoms with Gasteiger partial charge in [-0.05, 0) is 42.3 Å². The predicted molar refractivity (Wildman–Crippen MR) is 128 cm³/mol. The minimum atomic E-state index is -0.186. The molecule has 0 fully saturated rings. The van der Waals surface area contributed by atoms with Crippen LogP contribution in [0.2, 0.25) is 0 Å². The van der Waals surface area contributed by atoms with E-state index in [2.05, 4.69) is 10.5 Å². The summed E-state index contributed by atoms with van der Waals surface area (Å²) in [6.45, 7) is 3.16. The normalized spacial score (nSPS) is 10.7. The van der Waals surface area contributed by atoms with Gasteiger partial charge in [0, 0.05) is 18.2 Å². The van der Waals surface area contributed by atoms with Gasteiger partial charge in [0.15, 0.2) is 11.5 Å². The van der Waals surface area contributed by atoms with Crippen LogP contribution in [0.4, 0.5) is 5.69 Å². The molecule has 0 aliphatic carbocycles. The maximum atomic E-state index is 12.4. The van der Waals surface area contributed by atoms with Crippen molar-refractivity contribution in [2.45, 2.75) is 13.3 Å². The van der Waals surface area contributed by atoms with Crippen molar-refractivity contribution in [3.8, 4) is 39.6 Å². The number of carbonyl (C=O) groups excluding carboxylic acids is 1. The maximum Gasteiger partial charge on any atom is 0.226 e. The Labute approximate surface area is 198 Å². The zero-order chi connectivity index (χ0) is 24.5. The van der Waals surface area contributed by atoms with E-state index in [-0.39, 0.29) is 12.3 Å². The number of ether oxygens (including phenoxy) is 5. The van der Waals surface area contributed by atoms with Crippen molar-refractivity contribution in [2.75, 3.05) is 53.6 Å². The topological polar surface area (TPSA) is 101 Å². The second-order valence-electron chi connectivity index (χ2n) is 7.42. The van der Waals surface area contributed by atoms with Crippen LogP contribution >= 0.6 is 0 Å². The molecule has 2 aromatic carbocycles. The van der Waals surface area contributed by atoms with Crippen LogP contribution in [0.15, 0.2) is 41.1 Å². The quantitative estimate of drug-likeness (QED) is 0.390. The van der Waals surface area contributed by atoms with Crippen molar-refractivity contribution in [1.82, 2.24) is 5.16 Å². The second kappa shape index (κ2) is 12.1. The first-order valence-electron chi connectivity index (χ1n) is 10.7. The molecule has 0 aliphatic heterocycles. The fourth-order valence-electron chi connectivity index (χ4n) is 3.54. The maximum absolute atomic E-state index is 12.4. The molecule has 1 N–H and O–H groups in total. The van der Waals surface area contributed by atoms with Gasteiger partial charge in [-0.1, -0.05) is 11.2 Å². The van der Waals surface area contributed by atoms with E-state index in [9.17, 15) is 4.79 Å². The summed E-state index contributed by atoms with van der Waals surface area (Å²) < 4.78 is 32.0. The SMILES string of the molecule is COCCOCCC(=O)Nc1cc(-c2conc2-c2cc(C)c(OC)c(OC)c2)ccc1OC. The molecule has 0 bridgehead atoms. The molecule has 0 saturated carbocycles. The van der Waals surface area contributed by atoms with Crippen LogP contribution in [-0.4, -0.2) is 59.3 Å². The molecule has 3 rings (SSSR count). The molecule has 182 valence electrons. The summed E-state index contributed by atoms with van der Waals surface area (Å²) in [5.41, 5.74) is 4.45. The number of nitrogens with one attached hydrogen (secondary N) is 1. The molecule has 34 heavy (non-hydrogen) atoms. The summed E-state index contributed by atoms with van der Waals surface area (Å²) in [7, 11) is 6.34. The number of hydrogen-bond acceptors (Lipinski definition) is 8. The lowest BCUT2D eigenvalue weighted by atomic mass is 9.99. The zero-order valence-corrected chi connectivity index (χ0v) is 20.1. The Morgan fingerprint density at radius 1 is 0.941 bits per heavy atom. The monoisotopic (exact) mass is 470 g/mol. The number of aryl methyl sites for hydroxylation is 1. The molecule has 9 nitrogen and oxygen atoms in total. The van der Waals surface area contributed by atoms with Gasteiger partial charge < -0.3 is 33.5 Å². The number of aromatic nitrogens is 1. The third kappa shape index (κ3) is 5.86. The van der Waals surface area contributed by atoms with E-state index in [1.165, 1.54) is 0 Å². The molecular weight excluding hydrogens is 440 g/mol. The van der Waals surface area contributed by atoms with Gasteiger partial charge in [-0.25, -0.2) is 0 Å². The number of hydrogen-bond donors (Lipinski definition) is 1. The molecule has 1 heterocycles. The zero-order valence-electron chi connectivity index (χ0n) is 20.1. The predicted octanol–water partition coefficient (Wildman–Crippen LogP) is 4.33. The number of amides is 1. The van der Waals surface area contributed by atoms with Crippen molar-refractivity contribution in [3.05, 3.63) is 42.2 Å². The Balaban J connectivity index is 1.87. The highest BCUT2D eigenvalue weighted by Gasteiger charge is 2.18.